The fourth-order valence-corrected chi connectivity index (χ4v) is 2.73. The van der Waals surface area contributed by atoms with Crippen molar-refractivity contribution in [3.63, 3.8) is 0 Å². The smallest absolute Gasteiger partial charge is 0.165 e. The van der Waals surface area contributed by atoms with Crippen molar-refractivity contribution in [2.45, 2.75) is 45.3 Å². The summed E-state index contributed by atoms with van der Waals surface area (Å²) in [5, 5.41) is 3.41. The maximum Gasteiger partial charge on any atom is 0.165 e. The van der Waals surface area contributed by atoms with Crippen molar-refractivity contribution in [3.05, 3.63) is 29.6 Å². The second kappa shape index (κ2) is 7.76. The van der Waals surface area contributed by atoms with Crippen molar-refractivity contribution in [1.82, 2.24) is 10.2 Å². The summed E-state index contributed by atoms with van der Waals surface area (Å²) in [7, 11) is 2.11. The van der Waals surface area contributed by atoms with E-state index in [2.05, 4.69) is 31.1 Å². The molecule has 0 amide bonds. The normalized spacial score (nSPS) is 18.7. The van der Waals surface area contributed by atoms with Crippen LogP contribution in [0, 0.1) is 5.82 Å². The van der Waals surface area contributed by atoms with Crippen LogP contribution in [0.5, 0.6) is 5.75 Å². The number of ether oxygens (including phenoxy) is 1. The number of rotatable bonds is 6. The third-order valence-electron chi connectivity index (χ3n) is 4.11. The van der Waals surface area contributed by atoms with Crippen LogP contribution in [-0.2, 0) is 0 Å². The van der Waals surface area contributed by atoms with Crippen LogP contribution in [0.1, 0.15) is 44.7 Å². The summed E-state index contributed by atoms with van der Waals surface area (Å²) in [4.78, 5) is 2.29. The van der Waals surface area contributed by atoms with E-state index in [4.69, 9.17) is 4.74 Å². The molecule has 21 heavy (non-hydrogen) atoms. The lowest BCUT2D eigenvalue weighted by molar-refractivity contribution is 0.108. The van der Waals surface area contributed by atoms with E-state index in [9.17, 15) is 4.39 Å². The zero-order valence-corrected chi connectivity index (χ0v) is 13.4. The molecule has 2 rings (SSSR count). The summed E-state index contributed by atoms with van der Waals surface area (Å²) in [5.41, 5.74) is 0.919. The van der Waals surface area contributed by atoms with E-state index in [-0.39, 0.29) is 18.0 Å². The minimum absolute atomic E-state index is 0.0990. The first kappa shape index (κ1) is 16.2. The number of hydrogen-bond donors (Lipinski definition) is 1. The monoisotopic (exact) mass is 294 g/mol. The standard InChI is InChI=1S/C17H27FN2O/c1-4-10-19-13(2)15-6-5-7-16(18)17(15)21-14-8-11-20(3)12-9-14/h5-7,13-14,19H,4,8-12H2,1-3H3. The van der Waals surface area contributed by atoms with Gasteiger partial charge in [-0.25, -0.2) is 4.39 Å². The number of nitrogens with one attached hydrogen (secondary N) is 1. The molecule has 1 atom stereocenters. The number of nitrogens with zero attached hydrogens (tertiary/aromatic N) is 1. The van der Waals surface area contributed by atoms with Crippen molar-refractivity contribution >= 4 is 0 Å². The highest BCUT2D eigenvalue weighted by molar-refractivity contribution is 5.37. The summed E-state index contributed by atoms with van der Waals surface area (Å²) in [6.07, 6.45) is 3.10. The highest BCUT2D eigenvalue weighted by Crippen LogP contribution is 2.30. The van der Waals surface area contributed by atoms with Crippen LogP contribution < -0.4 is 10.1 Å². The third kappa shape index (κ3) is 4.42. The fourth-order valence-electron chi connectivity index (χ4n) is 2.73. The van der Waals surface area contributed by atoms with Crippen molar-refractivity contribution in [3.8, 4) is 5.75 Å². The lowest BCUT2D eigenvalue weighted by Crippen LogP contribution is -2.36. The van der Waals surface area contributed by atoms with Gasteiger partial charge in [0.15, 0.2) is 11.6 Å². The molecule has 0 aromatic heterocycles. The molecule has 3 nitrogen and oxygen atoms in total. The molecule has 1 aromatic carbocycles. The van der Waals surface area contributed by atoms with Gasteiger partial charge in [0.25, 0.3) is 0 Å². The van der Waals surface area contributed by atoms with Crippen molar-refractivity contribution < 1.29 is 9.13 Å². The van der Waals surface area contributed by atoms with Gasteiger partial charge in [-0.05, 0) is 45.8 Å². The molecule has 0 saturated carbocycles. The molecule has 1 unspecified atom stereocenters. The zero-order chi connectivity index (χ0) is 15.2. The number of hydrogen-bond acceptors (Lipinski definition) is 3. The minimum atomic E-state index is -0.253. The van der Waals surface area contributed by atoms with Gasteiger partial charge in [-0.1, -0.05) is 19.1 Å². The predicted molar refractivity (Wildman–Crippen MR) is 84.3 cm³/mol. The molecule has 0 radical (unpaired) electrons. The molecule has 1 saturated heterocycles. The van der Waals surface area contributed by atoms with Crippen molar-refractivity contribution in [2.24, 2.45) is 0 Å². The molecule has 0 spiro atoms. The van der Waals surface area contributed by atoms with Gasteiger partial charge in [-0.15, -0.1) is 0 Å². The van der Waals surface area contributed by atoms with Gasteiger partial charge in [-0.3, -0.25) is 0 Å². The Hall–Kier alpha value is -1.13. The van der Waals surface area contributed by atoms with Crippen LogP contribution in [0.25, 0.3) is 0 Å². The number of halogens is 1. The first-order chi connectivity index (χ1) is 10.1. The first-order valence-electron chi connectivity index (χ1n) is 7.98. The molecule has 1 N–H and O–H groups in total. The third-order valence-corrected chi connectivity index (χ3v) is 4.11. The maximum absolute atomic E-state index is 14.2. The molecule has 0 bridgehead atoms. The number of para-hydroxylation sites is 1. The Balaban J connectivity index is 2.10. The lowest BCUT2D eigenvalue weighted by Gasteiger charge is -2.30. The molecular formula is C17H27FN2O. The highest BCUT2D eigenvalue weighted by Gasteiger charge is 2.22. The summed E-state index contributed by atoms with van der Waals surface area (Å²) in [6, 6.07) is 5.30. The highest BCUT2D eigenvalue weighted by atomic mass is 19.1. The van der Waals surface area contributed by atoms with Crippen molar-refractivity contribution in [2.75, 3.05) is 26.7 Å². The van der Waals surface area contributed by atoms with Crippen LogP contribution in [0.4, 0.5) is 4.39 Å². The Labute approximate surface area is 127 Å². The quantitative estimate of drug-likeness (QED) is 0.870. The lowest BCUT2D eigenvalue weighted by atomic mass is 10.1. The van der Waals surface area contributed by atoms with E-state index in [0.29, 0.717) is 5.75 Å². The molecule has 1 aliphatic heterocycles. The van der Waals surface area contributed by atoms with Gasteiger partial charge in [0, 0.05) is 24.7 Å². The predicted octanol–water partition coefficient (Wildman–Crippen LogP) is 3.36. The first-order valence-corrected chi connectivity index (χ1v) is 7.98. The summed E-state index contributed by atoms with van der Waals surface area (Å²) < 4.78 is 20.2. The summed E-state index contributed by atoms with van der Waals surface area (Å²) in [6.45, 7) is 7.13. The Bertz CT molecular complexity index is 444. The molecule has 1 aliphatic rings. The van der Waals surface area contributed by atoms with E-state index in [0.717, 1.165) is 44.5 Å². The van der Waals surface area contributed by atoms with E-state index in [1.54, 1.807) is 6.07 Å². The second-order valence-corrected chi connectivity index (χ2v) is 5.95. The molecule has 1 heterocycles. The Kier molecular flexibility index (Phi) is 6.00. The molecule has 4 heteroatoms. The molecular weight excluding hydrogens is 267 g/mol. The van der Waals surface area contributed by atoms with Crippen LogP contribution in [0.3, 0.4) is 0 Å². The molecule has 0 aliphatic carbocycles. The Morgan fingerprint density at radius 1 is 1.38 bits per heavy atom. The van der Waals surface area contributed by atoms with E-state index >= 15 is 0 Å². The van der Waals surface area contributed by atoms with E-state index < -0.39 is 0 Å². The average Bonchev–Trinajstić information content (AvgIpc) is 2.49. The van der Waals surface area contributed by atoms with Crippen molar-refractivity contribution in [1.29, 1.82) is 0 Å². The SMILES string of the molecule is CCCNC(C)c1cccc(F)c1OC1CCN(C)CC1. The summed E-state index contributed by atoms with van der Waals surface area (Å²) >= 11 is 0. The fraction of sp³-hybridized carbons (Fsp3) is 0.647. The Morgan fingerprint density at radius 2 is 2.10 bits per heavy atom. The van der Waals surface area contributed by atoms with Gasteiger partial charge in [0.1, 0.15) is 6.10 Å². The maximum atomic E-state index is 14.2. The van der Waals surface area contributed by atoms with E-state index in [1.165, 1.54) is 6.07 Å². The van der Waals surface area contributed by atoms with Crippen LogP contribution in [0.2, 0.25) is 0 Å². The van der Waals surface area contributed by atoms with Gasteiger partial charge >= 0.3 is 0 Å². The van der Waals surface area contributed by atoms with Gasteiger partial charge in [0.05, 0.1) is 0 Å². The number of benzene rings is 1. The molecule has 1 aromatic rings. The minimum Gasteiger partial charge on any atom is -0.487 e. The van der Waals surface area contributed by atoms with Crippen LogP contribution in [0.15, 0.2) is 18.2 Å². The summed E-state index contributed by atoms with van der Waals surface area (Å²) in [5.74, 6) is 0.180. The molecule has 1 fully saturated rings. The second-order valence-electron chi connectivity index (χ2n) is 5.95. The number of likely N-dealkylation sites (tertiary alicyclic amines) is 1. The van der Waals surface area contributed by atoms with Crippen LogP contribution >= 0.6 is 0 Å². The molecule has 118 valence electrons. The largest absolute Gasteiger partial charge is 0.487 e. The van der Waals surface area contributed by atoms with Gasteiger partial charge < -0.3 is 15.0 Å². The zero-order valence-electron chi connectivity index (χ0n) is 13.4. The Morgan fingerprint density at radius 3 is 2.76 bits per heavy atom. The average molecular weight is 294 g/mol. The van der Waals surface area contributed by atoms with Gasteiger partial charge in [-0.2, -0.15) is 0 Å². The van der Waals surface area contributed by atoms with Gasteiger partial charge in [0.2, 0.25) is 0 Å². The number of piperidine rings is 1. The van der Waals surface area contributed by atoms with E-state index in [1.807, 2.05) is 6.07 Å². The van der Waals surface area contributed by atoms with Crippen LogP contribution in [-0.4, -0.2) is 37.7 Å². The topological polar surface area (TPSA) is 24.5 Å².